The van der Waals surface area contributed by atoms with E-state index in [-0.39, 0.29) is 6.10 Å². The van der Waals surface area contributed by atoms with E-state index in [1.54, 1.807) is 18.2 Å². The maximum atomic E-state index is 11.0. The summed E-state index contributed by atoms with van der Waals surface area (Å²) in [5.41, 5.74) is 5.60. The molecule has 5 nitrogen and oxygen atoms in total. The smallest absolute Gasteiger partial charge is 0.314 e. The number of amides is 2. The lowest BCUT2D eigenvalue weighted by molar-refractivity contribution is 0.192. The third-order valence-corrected chi connectivity index (χ3v) is 3.13. The lowest BCUT2D eigenvalue weighted by atomic mass is 10.2. The molecule has 6 heteroatoms. The fourth-order valence-electron chi connectivity index (χ4n) is 1.88. The van der Waals surface area contributed by atoms with Crippen molar-refractivity contribution in [1.82, 2.24) is 4.90 Å². The Bertz CT molecular complexity index is 513. The van der Waals surface area contributed by atoms with Crippen molar-refractivity contribution in [3.8, 4) is 11.8 Å². The van der Waals surface area contributed by atoms with Crippen LogP contribution in [0.1, 0.15) is 12.0 Å². The van der Waals surface area contributed by atoms with Crippen LogP contribution in [0.5, 0.6) is 5.75 Å². The van der Waals surface area contributed by atoms with Crippen molar-refractivity contribution >= 4 is 17.6 Å². The van der Waals surface area contributed by atoms with E-state index in [9.17, 15) is 4.79 Å². The molecule has 0 spiro atoms. The molecule has 1 aromatic rings. The Morgan fingerprint density at radius 2 is 2.39 bits per heavy atom. The maximum absolute atomic E-state index is 11.0. The molecule has 1 unspecified atom stereocenters. The molecule has 0 aromatic heterocycles. The quantitative estimate of drug-likeness (QED) is 0.885. The van der Waals surface area contributed by atoms with Crippen LogP contribution >= 0.6 is 11.6 Å². The lowest BCUT2D eigenvalue weighted by Crippen LogP contribution is -2.35. The molecule has 0 aliphatic carbocycles. The molecular weight excluding hydrogens is 254 g/mol. The van der Waals surface area contributed by atoms with Gasteiger partial charge in [0.05, 0.1) is 17.1 Å². The Morgan fingerprint density at radius 1 is 1.61 bits per heavy atom. The minimum Gasteiger partial charge on any atom is -0.488 e. The number of nitrogens with two attached hydrogens (primary N) is 1. The molecule has 1 heterocycles. The van der Waals surface area contributed by atoms with Crippen molar-refractivity contribution in [2.24, 2.45) is 5.73 Å². The number of halogens is 1. The van der Waals surface area contributed by atoms with Crippen LogP contribution in [0, 0.1) is 11.3 Å². The molecular formula is C12H12ClN3O2. The summed E-state index contributed by atoms with van der Waals surface area (Å²) >= 11 is 5.91. The highest BCUT2D eigenvalue weighted by atomic mass is 35.5. The first-order valence-corrected chi connectivity index (χ1v) is 5.88. The van der Waals surface area contributed by atoms with Gasteiger partial charge in [0.1, 0.15) is 17.9 Å². The summed E-state index contributed by atoms with van der Waals surface area (Å²) in [7, 11) is 0. The zero-order valence-electron chi connectivity index (χ0n) is 9.60. The third kappa shape index (κ3) is 2.66. The van der Waals surface area contributed by atoms with Crippen LogP contribution in [-0.2, 0) is 0 Å². The van der Waals surface area contributed by atoms with E-state index in [1.807, 2.05) is 6.07 Å². The summed E-state index contributed by atoms with van der Waals surface area (Å²) in [6.07, 6.45) is 0.655. The van der Waals surface area contributed by atoms with E-state index in [0.717, 1.165) is 6.42 Å². The first kappa shape index (κ1) is 12.5. The Morgan fingerprint density at radius 3 is 2.94 bits per heavy atom. The molecule has 1 aliphatic rings. The van der Waals surface area contributed by atoms with Gasteiger partial charge in [0.25, 0.3) is 0 Å². The van der Waals surface area contributed by atoms with Crippen LogP contribution in [0.15, 0.2) is 18.2 Å². The van der Waals surface area contributed by atoms with Crippen LogP contribution in [0.4, 0.5) is 4.79 Å². The number of hydrogen-bond acceptors (Lipinski definition) is 3. The summed E-state index contributed by atoms with van der Waals surface area (Å²) in [5, 5.41) is 9.12. The second-order valence-corrected chi connectivity index (χ2v) is 4.47. The summed E-state index contributed by atoms with van der Waals surface area (Å²) < 4.78 is 5.69. The molecule has 18 heavy (non-hydrogen) atoms. The van der Waals surface area contributed by atoms with Crippen molar-refractivity contribution in [2.45, 2.75) is 12.5 Å². The van der Waals surface area contributed by atoms with Crippen LogP contribution in [0.2, 0.25) is 5.02 Å². The second-order valence-electron chi connectivity index (χ2n) is 4.07. The minimum absolute atomic E-state index is 0.0819. The molecule has 2 rings (SSSR count). The van der Waals surface area contributed by atoms with Gasteiger partial charge in [-0.05, 0) is 12.1 Å². The van der Waals surface area contributed by atoms with E-state index in [4.69, 9.17) is 27.3 Å². The summed E-state index contributed by atoms with van der Waals surface area (Å²) in [6.45, 7) is 1.08. The molecule has 94 valence electrons. The predicted octanol–water partition coefficient (Wildman–Crippen LogP) is 1.74. The molecule has 1 aliphatic heterocycles. The molecule has 1 atom stereocenters. The highest BCUT2D eigenvalue weighted by molar-refractivity contribution is 6.31. The summed E-state index contributed by atoms with van der Waals surface area (Å²) in [5.74, 6) is 0.593. The topological polar surface area (TPSA) is 79.3 Å². The SMILES string of the molecule is N#Cc1ccc(OC2CCN(C(N)=O)C2)cc1Cl. The van der Waals surface area contributed by atoms with Gasteiger partial charge in [-0.2, -0.15) is 5.26 Å². The largest absolute Gasteiger partial charge is 0.488 e. The van der Waals surface area contributed by atoms with Gasteiger partial charge in [-0.15, -0.1) is 0 Å². The fourth-order valence-corrected chi connectivity index (χ4v) is 2.09. The fraction of sp³-hybridized carbons (Fsp3) is 0.333. The number of carbonyl (C=O) groups is 1. The first-order chi connectivity index (χ1) is 8.60. The number of nitrogens with zero attached hydrogens (tertiary/aromatic N) is 2. The molecule has 0 radical (unpaired) electrons. The van der Waals surface area contributed by atoms with E-state index in [1.165, 1.54) is 4.90 Å². The molecule has 0 bridgehead atoms. The van der Waals surface area contributed by atoms with Crippen LogP contribution in [0.25, 0.3) is 0 Å². The van der Waals surface area contributed by atoms with E-state index in [2.05, 4.69) is 0 Å². The Labute approximate surface area is 110 Å². The summed E-state index contributed by atoms with van der Waals surface area (Å²) in [6, 6.07) is 6.46. The zero-order valence-corrected chi connectivity index (χ0v) is 10.4. The van der Waals surface area contributed by atoms with Crippen LogP contribution in [0.3, 0.4) is 0 Å². The van der Waals surface area contributed by atoms with Crippen LogP contribution < -0.4 is 10.5 Å². The number of likely N-dealkylation sites (tertiary alicyclic amines) is 1. The van der Waals surface area contributed by atoms with Gasteiger partial charge in [-0.1, -0.05) is 11.6 Å². The Kier molecular flexibility index (Phi) is 3.58. The Balaban J connectivity index is 2.01. The monoisotopic (exact) mass is 265 g/mol. The highest BCUT2D eigenvalue weighted by Gasteiger charge is 2.26. The molecule has 2 N–H and O–H groups in total. The number of ether oxygens (including phenoxy) is 1. The molecule has 2 amide bonds. The molecule has 1 aromatic carbocycles. The average molecular weight is 266 g/mol. The number of primary amides is 1. The van der Waals surface area contributed by atoms with Crippen molar-refractivity contribution in [3.63, 3.8) is 0 Å². The number of hydrogen-bond donors (Lipinski definition) is 1. The molecule has 1 fully saturated rings. The van der Waals surface area contributed by atoms with E-state index >= 15 is 0 Å². The van der Waals surface area contributed by atoms with E-state index < -0.39 is 6.03 Å². The zero-order chi connectivity index (χ0) is 13.1. The minimum atomic E-state index is -0.432. The van der Waals surface area contributed by atoms with Gasteiger partial charge < -0.3 is 15.4 Å². The third-order valence-electron chi connectivity index (χ3n) is 2.82. The number of rotatable bonds is 2. The molecule has 0 saturated carbocycles. The maximum Gasteiger partial charge on any atom is 0.314 e. The van der Waals surface area contributed by atoms with Crippen LogP contribution in [-0.4, -0.2) is 30.1 Å². The van der Waals surface area contributed by atoms with Crippen molar-refractivity contribution < 1.29 is 9.53 Å². The normalized spacial score (nSPS) is 18.4. The Hall–Kier alpha value is -1.93. The van der Waals surface area contributed by atoms with Crippen molar-refractivity contribution in [2.75, 3.05) is 13.1 Å². The van der Waals surface area contributed by atoms with Gasteiger partial charge in [0, 0.05) is 19.0 Å². The van der Waals surface area contributed by atoms with Crippen molar-refractivity contribution in [1.29, 1.82) is 5.26 Å². The predicted molar refractivity (Wildman–Crippen MR) is 66.4 cm³/mol. The van der Waals surface area contributed by atoms with Gasteiger partial charge in [0.15, 0.2) is 0 Å². The number of nitriles is 1. The summed E-state index contributed by atoms with van der Waals surface area (Å²) in [4.78, 5) is 12.5. The van der Waals surface area contributed by atoms with Crippen molar-refractivity contribution in [3.05, 3.63) is 28.8 Å². The standard InChI is InChI=1S/C12H12ClN3O2/c13-11-5-9(2-1-8(11)6-14)18-10-3-4-16(7-10)12(15)17/h1-2,5,10H,3-4,7H2,(H2,15,17). The van der Waals surface area contributed by atoms with Gasteiger partial charge in [-0.25, -0.2) is 4.79 Å². The highest BCUT2D eigenvalue weighted by Crippen LogP contribution is 2.24. The van der Waals surface area contributed by atoms with Gasteiger partial charge >= 0.3 is 6.03 Å². The average Bonchev–Trinajstić information content (AvgIpc) is 2.78. The first-order valence-electron chi connectivity index (χ1n) is 5.51. The van der Waals surface area contributed by atoms with Gasteiger partial charge in [-0.3, -0.25) is 0 Å². The number of urea groups is 1. The second kappa shape index (κ2) is 5.15. The number of benzene rings is 1. The van der Waals surface area contributed by atoms with E-state index in [0.29, 0.717) is 29.4 Å². The number of carbonyl (C=O) groups excluding carboxylic acids is 1. The molecule has 1 saturated heterocycles. The van der Waals surface area contributed by atoms with Gasteiger partial charge in [0.2, 0.25) is 0 Å². The lowest BCUT2D eigenvalue weighted by Gasteiger charge is -2.15.